The van der Waals surface area contributed by atoms with Gasteiger partial charge in [-0.15, -0.1) is 0 Å². The highest BCUT2D eigenvalue weighted by molar-refractivity contribution is 9.10. The van der Waals surface area contributed by atoms with Crippen LogP contribution >= 0.6 is 15.9 Å². The van der Waals surface area contributed by atoms with Crippen LogP contribution < -0.4 is 5.73 Å². The number of nitrogens with zero attached hydrogens (tertiary/aromatic N) is 3. The van der Waals surface area contributed by atoms with E-state index in [1.54, 1.807) is 6.07 Å². The van der Waals surface area contributed by atoms with E-state index in [1.165, 1.54) is 18.5 Å². The van der Waals surface area contributed by atoms with Gasteiger partial charge < -0.3 is 5.73 Å². The zero-order valence-corrected chi connectivity index (χ0v) is 12.4. The Kier molecular flexibility index (Phi) is 4.31. The molecule has 4 nitrogen and oxygen atoms in total. The lowest BCUT2D eigenvalue weighted by Gasteiger charge is -2.15. The molecule has 0 amide bonds. The molecule has 2 N–H and O–H groups in total. The van der Waals surface area contributed by atoms with Crippen LogP contribution in [0.15, 0.2) is 29.0 Å². The highest BCUT2D eigenvalue weighted by Crippen LogP contribution is 2.25. The quantitative estimate of drug-likeness (QED) is 0.939. The Bertz CT molecular complexity index is 568. The largest absolute Gasteiger partial charge is 0.324 e. The van der Waals surface area contributed by atoms with Crippen molar-refractivity contribution in [3.63, 3.8) is 0 Å². The predicted molar refractivity (Wildman–Crippen MR) is 75.1 cm³/mol. The third-order valence-electron chi connectivity index (χ3n) is 2.90. The lowest BCUT2D eigenvalue weighted by Crippen LogP contribution is -2.18. The molecule has 0 saturated heterocycles. The van der Waals surface area contributed by atoms with E-state index in [-0.39, 0.29) is 17.9 Å². The van der Waals surface area contributed by atoms with E-state index in [0.717, 1.165) is 11.4 Å². The molecule has 2 rings (SSSR count). The number of hydrogen-bond acceptors (Lipinski definition) is 3. The van der Waals surface area contributed by atoms with Crippen LogP contribution in [0, 0.1) is 5.82 Å². The Hall–Kier alpha value is -1.27. The molecule has 1 aromatic heterocycles. The van der Waals surface area contributed by atoms with Gasteiger partial charge in [0.15, 0.2) is 0 Å². The van der Waals surface area contributed by atoms with Crippen LogP contribution in [0.5, 0.6) is 0 Å². The summed E-state index contributed by atoms with van der Waals surface area (Å²) in [6, 6.07) is 4.51. The molecular formula is C13H16BrFN4. The van der Waals surface area contributed by atoms with Gasteiger partial charge in [0.1, 0.15) is 18.0 Å². The molecule has 0 aliphatic heterocycles. The number of aromatic nitrogens is 3. The molecule has 1 heterocycles. The molecule has 6 heteroatoms. The molecule has 2 aromatic rings. The fraction of sp³-hybridized carbons (Fsp3) is 0.385. The van der Waals surface area contributed by atoms with E-state index in [2.05, 4.69) is 26.0 Å². The lowest BCUT2D eigenvalue weighted by molar-refractivity contribution is 0.493. The van der Waals surface area contributed by atoms with E-state index in [0.29, 0.717) is 10.9 Å². The van der Waals surface area contributed by atoms with Gasteiger partial charge in [-0.3, -0.25) is 0 Å². The number of benzene rings is 1. The molecule has 0 bridgehead atoms. The first-order valence-electron chi connectivity index (χ1n) is 6.08. The van der Waals surface area contributed by atoms with E-state index >= 15 is 0 Å². The summed E-state index contributed by atoms with van der Waals surface area (Å²) in [6.45, 7) is 4.08. The normalized spacial score (nSPS) is 12.9. The van der Waals surface area contributed by atoms with E-state index < -0.39 is 0 Å². The zero-order chi connectivity index (χ0) is 14.0. The first-order chi connectivity index (χ1) is 8.99. The Labute approximate surface area is 120 Å². The molecule has 0 spiro atoms. The first kappa shape index (κ1) is 14.1. The Morgan fingerprint density at radius 2 is 2.16 bits per heavy atom. The predicted octanol–water partition coefficient (Wildman–Crippen LogP) is 3.00. The van der Waals surface area contributed by atoms with Crippen LogP contribution in [0.3, 0.4) is 0 Å². The summed E-state index contributed by atoms with van der Waals surface area (Å²) in [7, 11) is 0. The minimum absolute atomic E-state index is 0.237. The zero-order valence-electron chi connectivity index (χ0n) is 10.8. The van der Waals surface area contributed by atoms with Crippen molar-refractivity contribution in [3.05, 3.63) is 46.2 Å². The second-order valence-electron chi connectivity index (χ2n) is 4.69. The minimum Gasteiger partial charge on any atom is -0.324 e. The first-order valence-corrected chi connectivity index (χ1v) is 6.87. The van der Waals surface area contributed by atoms with Gasteiger partial charge in [0.05, 0.1) is 0 Å². The summed E-state index contributed by atoms with van der Waals surface area (Å²) >= 11 is 3.34. The Morgan fingerprint density at radius 3 is 2.79 bits per heavy atom. The van der Waals surface area contributed by atoms with Crippen LogP contribution in [0.2, 0.25) is 0 Å². The highest BCUT2D eigenvalue weighted by Gasteiger charge is 2.16. The monoisotopic (exact) mass is 326 g/mol. The molecule has 1 aromatic carbocycles. The molecule has 0 saturated carbocycles. The summed E-state index contributed by atoms with van der Waals surface area (Å²) in [4.78, 5) is 4.23. The van der Waals surface area contributed by atoms with Crippen molar-refractivity contribution in [3.8, 4) is 0 Å². The second-order valence-corrected chi connectivity index (χ2v) is 5.55. The van der Waals surface area contributed by atoms with Gasteiger partial charge in [0.25, 0.3) is 0 Å². The molecule has 1 atom stereocenters. The Balaban J connectivity index is 2.21. The number of nitrogens with two attached hydrogens (primary N) is 1. The van der Waals surface area contributed by atoms with E-state index in [1.807, 2.05) is 18.5 Å². The molecule has 102 valence electrons. The minimum atomic E-state index is -0.284. The standard InChI is InChI=1S/C13H16BrFN4/c1-8(2)19-13(17-7-18-19)6-12(16)10-4-3-9(15)5-11(10)14/h3-5,7-8,12H,6,16H2,1-2H3. The van der Waals surface area contributed by atoms with E-state index in [9.17, 15) is 4.39 Å². The smallest absolute Gasteiger partial charge is 0.138 e. The maximum absolute atomic E-state index is 13.1. The van der Waals surface area contributed by atoms with Crippen molar-refractivity contribution < 1.29 is 4.39 Å². The van der Waals surface area contributed by atoms with Crippen molar-refractivity contribution in [2.24, 2.45) is 5.73 Å². The number of rotatable bonds is 4. The molecule has 0 fully saturated rings. The molecule has 0 aliphatic carbocycles. The fourth-order valence-corrected chi connectivity index (χ4v) is 2.61. The van der Waals surface area contributed by atoms with Crippen LogP contribution in [-0.4, -0.2) is 14.8 Å². The van der Waals surface area contributed by atoms with Gasteiger partial charge in [-0.2, -0.15) is 5.10 Å². The highest BCUT2D eigenvalue weighted by atomic mass is 79.9. The van der Waals surface area contributed by atoms with Crippen LogP contribution in [-0.2, 0) is 6.42 Å². The summed E-state index contributed by atoms with van der Waals surface area (Å²) in [5, 5.41) is 4.18. The third kappa shape index (κ3) is 3.19. The van der Waals surface area contributed by atoms with E-state index in [4.69, 9.17) is 5.73 Å². The summed E-state index contributed by atoms with van der Waals surface area (Å²) in [5.74, 6) is 0.548. The van der Waals surface area contributed by atoms with Crippen LogP contribution in [0.4, 0.5) is 4.39 Å². The number of halogens is 2. The topological polar surface area (TPSA) is 56.7 Å². The van der Waals surface area contributed by atoms with Crippen molar-refractivity contribution in [2.75, 3.05) is 0 Å². The van der Waals surface area contributed by atoms with Gasteiger partial charge in [-0.05, 0) is 31.5 Å². The van der Waals surface area contributed by atoms with Crippen molar-refractivity contribution in [1.82, 2.24) is 14.8 Å². The molecule has 1 unspecified atom stereocenters. The van der Waals surface area contributed by atoms with Gasteiger partial charge in [0.2, 0.25) is 0 Å². The molecule has 0 aliphatic rings. The van der Waals surface area contributed by atoms with Gasteiger partial charge in [-0.1, -0.05) is 22.0 Å². The molecular weight excluding hydrogens is 311 g/mol. The molecule has 19 heavy (non-hydrogen) atoms. The SMILES string of the molecule is CC(C)n1ncnc1CC(N)c1ccc(F)cc1Br. The molecule has 0 radical (unpaired) electrons. The van der Waals surface area contributed by atoms with Crippen molar-refractivity contribution in [2.45, 2.75) is 32.4 Å². The lowest BCUT2D eigenvalue weighted by atomic mass is 10.0. The van der Waals surface area contributed by atoms with Crippen molar-refractivity contribution >= 4 is 15.9 Å². The third-order valence-corrected chi connectivity index (χ3v) is 3.59. The fourth-order valence-electron chi connectivity index (χ4n) is 1.96. The van der Waals surface area contributed by atoms with Gasteiger partial charge in [-0.25, -0.2) is 14.1 Å². The summed E-state index contributed by atoms with van der Waals surface area (Å²) in [6.07, 6.45) is 2.09. The average Bonchev–Trinajstić information content (AvgIpc) is 2.76. The van der Waals surface area contributed by atoms with Crippen LogP contribution in [0.1, 0.15) is 37.3 Å². The average molecular weight is 327 g/mol. The second kappa shape index (κ2) is 5.79. The van der Waals surface area contributed by atoms with Gasteiger partial charge in [0, 0.05) is 23.0 Å². The van der Waals surface area contributed by atoms with Crippen molar-refractivity contribution in [1.29, 1.82) is 0 Å². The maximum Gasteiger partial charge on any atom is 0.138 e. The van der Waals surface area contributed by atoms with Gasteiger partial charge >= 0.3 is 0 Å². The number of hydrogen-bond donors (Lipinski definition) is 1. The van der Waals surface area contributed by atoms with Crippen LogP contribution in [0.25, 0.3) is 0 Å². The maximum atomic E-state index is 13.1. The Morgan fingerprint density at radius 1 is 1.42 bits per heavy atom. The summed E-state index contributed by atoms with van der Waals surface area (Å²) < 4.78 is 15.6. The summed E-state index contributed by atoms with van der Waals surface area (Å²) in [5.41, 5.74) is 7.03.